The Balaban J connectivity index is 2.89. The van der Waals surface area contributed by atoms with Gasteiger partial charge in [-0.3, -0.25) is 0 Å². The Morgan fingerprint density at radius 1 is 1.47 bits per heavy atom. The lowest BCUT2D eigenvalue weighted by Crippen LogP contribution is -2.21. The molecule has 0 radical (unpaired) electrons. The fraction of sp³-hybridized carbons (Fsp3) is 0.692. The minimum Gasteiger partial charge on any atom is -0.312 e. The standard InChI is InChI=1S/C13H23N3S/c1-9(2)7-8-10(14-6)11-12(13(3,4)5)15-16-17-11/h10,14H,1,7-8H2,2-6H3. The third-order valence-electron chi connectivity index (χ3n) is 2.75. The highest BCUT2D eigenvalue weighted by atomic mass is 32.1. The van der Waals surface area contributed by atoms with Crippen molar-refractivity contribution in [3.05, 3.63) is 22.7 Å². The van der Waals surface area contributed by atoms with Gasteiger partial charge in [0.15, 0.2) is 0 Å². The van der Waals surface area contributed by atoms with Crippen LogP contribution in [0.25, 0.3) is 0 Å². The van der Waals surface area contributed by atoms with Gasteiger partial charge in [-0.15, -0.1) is 11.7 Å². The molecule has 3 nitrogen and oxygen atoms in total. The van der Waals surface area contributed by atoms with Gasteiger partial charge in [0, 0.05) is 11.5 Å². The van der Waals surface area contributed by atoms with E-state index in [-0.39, 0.29) is 5.41 Å². The number of hydrogen-bond acceptors (Lipinski definition) is 4. The first-order valence-corrected chi connectivity index (χ1v) is 6.78. The normalized spacial score (nSPS) is 13.7. The first kappa shape index (κ1) is 14.3. The van der Waals surface area contributed by atoms with Crippen LogP contribution in [0.4, 0.5) is 0 Å². The summed E-state index contributed by atoms with van der Waals surface area (Å²) in [5.74, 6) is 0. The second kappa shape index (κ2) is 5.74. The van der Waals surface area contributed by atoms with Crippen LogP contribution in [0.1, 0.15) is 57.1 Å². The molecule has 0 saturated carbocycles. The molecule has 17 heavy (non-hydrogen) atoms. The van der Waals surface area contributed by atoms with E-state index in [4.69, 9.17) is 0 Å². The Labute approximate surface area is 108 Å². The van der Waals surface area contributed by atoms with Crippen molar-refractivity contribution in [2.45, 2.75) is 52.0 Å². The first-order chi connectivity index (χ1) is 7.86. The van der Waals surface area contributed by atoms with Gasteiger partial charge in [-0.1, -0.05) is 30.8 Å². The van der Waals surface area contributed by atoms with Crippen molar-refractivity contribution in [2.24, 2.45) is 0 Å². The van der Waals surface area contributed by atoms with Gasteiger partial charge in [0.25, 0.3) is 0 Å². The highest BCUT2D eigenvalue weighted by Crippen LogP contribution is 2.32. The Bertz CT molecular complexity index is 376. The summed E-state index contributed by atoms with van der Waals surface area (Å²) in [6.45, 7) is 12.6. The molecule has 4 heteroatoms. The Morgan fingerprint density at radius 3 is 2.59 bits per heavy atom. The summed E-state index contributed by atoms with van der Waals surface area (Å²) in [4.78, 5) is 1.27. The van der Waals surface area contributed by atoms with Crippen LogP contribution in [-0.4, -0.2) is 16.6 Å². The third kappa shape index (κ3) is 3.89. The first-order valence-electron chi connectivity index (χ1n) is 6.00. The van der Waals surface area contributed by atoms with Crippen molar-refractivity contribution in [2.75, 3.05) is 7.05 Å². The quantitative estimate of drug-likeness (QED) is 0.817. The van der Waals surface area contributed by atoms with Crippen LogP contribution in [0, 0.1) is 0 Å². The zero-order valence-corrected chi connectivity index (χ0v) is 12.3. The molecular formula is C13H23N3S. The Hall–Kier alpha value is -0.740. The molecular weight excluding hydrogens is 230 g/mol. The van der Waals surface area contributed by atoms with Gasteiger partial charge in [0.1, 0.15) is 0 Å². The maximum absolute atomic E-state index is 4.29. The number of allylic oxidation sites excluding steroid dienone is 1. The fourth-order valence-electron chi connectivity index (χ4n) is 1.74. The molecule has 0 fully saturated rings. The van der Waals surface area contributed by atoms with E-state index in [1.807, 2.05) is 7.05 Å². The smallest absolute Gasteiger partial charge is 0.0857 e. The summed E-state index contributed by atoms with van der Waals surface area (Å²) in [7, 11) is 2.00. The van der Waals surface area contributed by atoms with Gasteiger partial charge in [0.05, 0.1) is 10.6 Å². The van der Waals surface area contributed by atoms with Gasteiger partial charge in [-0.2, -0.15) is 0 Å². The van der Waals surface area contributed by atoms with Crippen molar-refractivity contribution in [1.82, 2.24) is 14.9 Å². The van der Waals surface area contributed by atoms with Crippen molar-refractivity contribution >= 4 is 11.5 Å². The average Bonchev–Trinajstić information content (AvgIpc) is 2.66. The van der Waals surface area contributed by atoms with E-state index in [1.54, 1.807) is 0 Å². The third-order valence-corrected chi connectivity index (χ3v) is 3.59. The van der Waals surface area contributed by atoms with Crippen LogP contribution in [0.5, 0.6) is 0 Å². The van der Waals surface area contributed by atoms with E-state index in [2.05, 4.69) is 49.2 Å². The molecule has 0 aliphatic rings. The summed E-state index contributed by atoms with van der Waals surface area (Å²) < 4.78 is 4.11. The molecule has 1 heterocycles. The molecule has 0 aromatic carbocycles. The Morgan fingerprint density at radius 2 is 2.12 bits per heavy atom. The highest BCUT2D eigenvalue weighted by Gasteiger charge is 2.26. The molecule has 0 aliphatic carbocycles. The maximum atomic E-state index is 4.29. The van der Waals surface area contributed by atoms with Crippen molar-refractivity contribution < 1.29 is 0 Å². The molecule has 1 N–H and O–H groups in total. The summed E-state index contributed by atoms with van der Waals surface area (Å²) >= 11 is 1.51. The molecule has 0 spiro atoms. The molecule has 0 aliphatic heterocycles. The summed E-state index contributed by atoms with van der Waals surface area (Å²) in [5, 5.41) is 7.65. The number of aromatic nitrogens is 2. The predicted octanol–water partition coefficient (Wildman–Crippen LogP) is 3.45. The van der Waals surface area contributed by atoms with E-state index in [1.165, 1.54) is 22.0 Å². The van der Waals surface area contributed by atoms with E-state index < -0.39 is 0 Å². The van der Waals surface area contributed by atoms with Gasteiger partial charge in [-0.05, 0) is 38.3 Å². The number of nitrogens with zero attached hydrogens (tertiary/aromatic N) is 2. The molecule has 1 aromatic heterocycles. The van der Waals surface area contributed by atoms with E-state index in [0.717, 1.165) is 18.5 Å². The van der Waals surface area contributed by atoms with Crippen molar-refractivity contribution in [3.8, 4) is 0 Å². The van der Waals surface area contributed by atoms with Crippen LogP contribution < -0.4 is 5.32 Å². The van der Waals surface area contributed by atoms with Crippen molar-refractivity contribution in [3.63, 3.8) is 0 Å². The average molecular weight is 253 g/mol. The van der Waals surface area contributed by atoms with Gasteiger partial charge in [0.2, 0.25) is 0 Å². The van der Waals surface area contributed by atoms with Crippen LogP contribution in [-0.2, 0) is 5.41 Å². The minimum atomic E-state index is 0.0562. The number of nitrogens with one attached hydrogen (secondary N) is 1. The summed E-state index contributed by atoms with van der Waals surface area (Å²) in [6.07, 6.45) is 2.09. The van der Waals surface area contributed by atoms with Crippen LogP contribution >= 0.6 is 11.5 Å². The number of rotatable bonds is 5. The maximum Gasteiger partial charge on any atom is 0.0857 e. The van der Waals surface area contributed by atoms with E-state index >= 15 is 0 Å². The molecule has 96 valence electrons. The largest absolute Gasteiger partial charge is 0.312 e. The molecule has 0 amide bonds. The lowest BCUT2D eigenvalue weighted by molar-refractivity contribution is 0.513. The topological polar surface area (TPSA) is 37.8 Å². The second-order valence-electron chi connectivity index (χ2n) is 5.57. The fourth-order valence-corrected chi connectivity index (χ4v) is 2.75. The second-order valence-corrected chi connectivity index (χ2v) is 6.36. The lowest BCUT2D eigenvalue weighted by Gasteiger charge is -2.21. The van der Waals surface area contributed by atoms with Crippen LogP contribution in [0.3, 0.4) is 0 Å². The molecule has 1 rings (SSSR count). The van der Waals surface area contributed by atoms with Crippen LogP contribution in [0.15, 0.2) is 12.2 Å². The highest BCUT2D eigenvalue weighted by molar-refractivity contribution is 7.05. The molecule has 1 aromatic rings. The molecule has 0 saturated heterocycles. The van der Waals surface area contributed by atoms with Crippen LogP contribution in [0.2, 0.25) is 0 Å². The molecule has 1 atom stereocenters. The Kier molecular flexibility index (Phi) is 4.83. The van der Waals surface area contributed by atoms with Gasteiger partial charge >= 0.3 is 0 Å². The monoisotopic (exact) mass is 253 g/mol. The summed E-state index contributed by atoms with van der Waals surface area (Å²) in [5.41, 5.74) is 2.39. The minimum absolute atomic E-state index is 0.0562. The predicted molar refractivity (Wildman–Crippen MR) is 74.5 cm³/mol. The number of hydrogen-bond donors (Lipinski definition) is 1. The summed E-state index contributed by atoms with van der Waals surface area (Å²) in [6, 6.07) is 0.334. The zero-order valence-electron chi connectivity index (χ0n) is 11.5. The molecule has 1 unspecified atom stereocenters. The zero-order chi connectivity index (χ0) is 13.1. The molecule has 0 bridgehead atoms. The SMILES string of the molecule is C=C(C)CCC(NC)c1snnc1C(C)(C)C. The van der Waals surface area contributed by atoms with Crippen molar-refractivity contribution in [1.29, 1.82) is 0 Å². The van der Waals surface area contributed by atoms with Gasteiger partial charge < -0.3 is 5.32 Å². The van der Waals surface area contributed by atoms with E-state index in [0.29, 0.717) is 6.04 Å². The van der Waals surface area contributed by atoms with Gasteiger partial charge in [-0.25, -0.2) is 0 Å². The van der Waals surface area contributed by atoms with E-state index in [9.17, 15) is 0 Å². The lowest BCUT2D eigenvalue weighted by atomic mass is 9.89.